The van der Waals surface area contributed by atoms with Gasteiger partial charge in [-0.05, 0) is 53.4 Å². The van der Waals surface area contributed by atoms with Gasteiger partial charge >= 0.3 is 0 Å². The zero-order valence-electron chi connectivity index (χ0n) is 24.6. The van der Waals surface area contributed by atoms with Gasteiger partial charge in [0.25, 0.3) is 10.0 Å². The molecule has 0 saturated heterocycles. The van der Waals surface area contributed by atoms with E-state index in [2.05, 4.69) is 15.0 Å². The number of hydrogen-bond acceptors (Lipinski definition) is 8. The molecular weight excluding hydrogens is 606 g/mol. The van der Waals surface area contributed by atoms with Crippen LogP contribution >= 0.6 is 11.6 Å². The Kier molecular flexibility index (Phi) is 11.0. The molecule has 1 heterocycles. The molecule has 11 nitrogen and oxygen atoms in total. The second-order valence-electron chi connectivity index (χ2n) is 10.5. The fourth-order valence-electron chi connectivity index (χ4n) is 4.62. The fourth-order valence-corrected chi connectivity index (χ4v) is 5.76. The lowest BCUT2D eigenvalue weighted by Gasteiger charge is -2.24. The highest BCUT2D eigenvalue weighted by atomic mass is 35.5. The summed E-state index contributed by atoms with van der Waals surface area (Å²) in [6.07, 6.45) is 0. The number of sulfonamides is 1. The molecule has 1 aliphatic rings. The van der Waals surface area contributed by atoms with Crippen molar-refractivity contribution in [1.29, 1.82) is 0 Å². The molecule has 4 rings (SSSR count). The molecule has 0 aliphatic carbocycles. The summed E-state index contributed by atoms with van der Waals surface area (Å²) >= 11 is 6.15. The number of aliphatic imine (C=N–C) groups is 1. The van der Waals surface area contributed by atoms with Gasteiger partial charge in [-0.3, -0.25) is 4.79 Å². The maximum atomic E-state index is 13.6. The number of carbonyl (C=O) groups excluding carboxylic acids is 1. The van der Waals surface area contributed by atoms with E-state index in [0.29, 0.717) is 16.5 Å². The topological polar surface area (TPSA) is 153 Å². The van der Waals surface area contributed by atoms with Crippen molar-refractivity contribution >= 4 is 39.2 Å². The molecule has 2 atom stereocenters. The first-order valence-corrected chi connectivity index (χ1v) is 15.9. The van der Waals surface area contributed by atoms with Gasteiger partial charge in [-0.2, -0.15) is 5.10 Å². The molecule has 0 radical (unpaired) electrons. The SMILES string of the molecule is COc1ccc(S(=O)(=O)NC(=NC(C(=O)NC(CO)CO)C(C)C)N2CC(c3ccccc3)C(c3ccc(Cl)cc3)=N2)cc1. The Morgan fingerprint density at radius 1 is 1.05 bits per heavy atom. The number of amides is 1. The molecule has 0 saturated carbocycles. The van der Waals surface area contributed by atoms with E-state index in [1.54, 1.807) is 26.0 Å². The molecule has 44 heavy (non-hydrogen) atoms. The van der Waals surface area contributed by atoms with Gasteiger partial charge in [0.05, 0.1) is 43.5 Å². The van der Waals surface area contributed by atoms with Crippen LogP contribution in [0.15, 0.2) is 93.9 Å². The van der Waals surface area contributed by atoms with E-state index in [4.69, 9.17) is 21.4 Å². The van der Waals surface area contributed by atoms with E-state index in [1.165, 1.54) is 36.4 Å². The van der Waals surface area contributed by atoms with E-state index in [-0.39, 0.29) is 29.2 Å². The quantitative estimate of drug-likeness (QED) is 0.185. The maximum Gasteiger partial charge on any atom is 0.264 e. The summed E-state index contributed by atoms with van der Waals surface area (Å²) in [4.78, 5) is 17.8. The van der Waals surface area contributed by atoms with Gasteiger partial charge in [-0.15, -0.1) is 0 Å². The van der Waals surface area contributed by atoms with Crippen LogP contribution < -0.4 is 14.8 Å². The van der Waals surface area contributed by atoms with Gasteiger partial charge in [0, 0.05) is 10.9 Å². The minimum absolute atomic E-state index is 0.0436. The number of nitrogens with one attached hydrogen (secondary N) is 2. The lowest BCUT2D eigenvalue weighted by Crippen LogP contribution is -2.48. The Balaban J connectivity index is 1.81. The first kappa shape index (κ1) is 32.9. The molecular formula is C31H36ClN5O6S. The monoisotopic (exact) mass is 641 g/mol. The number of hydrogen-bond donors (Lipinski definition) is 4. The first-order chi connectivity index (χ1) is 21.1. The average molecular weight is 642 g/mol. The van der Waals surface area contributed by atoms with Gasteiger partial charge in [0.1, 0.15) is 11.8 Å². The number of nitrogens with zero attached hydrogens (tertiary/aromatic N) is 3. The molecule has 0 aromatic heterocycles. The molecule has 13 heteroatoms. The predicted molar refractivity (Wildman–Crippen MR) is 169 cm³/mol. The summed E-state index contributed by atoms with van der Waals surface area (Å²) in [6, 6.07) is 20.7. The Morgan fingerprint density at radius 3 is 2.25 bits per heavy atom. The van der Waals surface area contributed by atoms with Crippen molar-refractivity contribution in [2.45, 2.75) is 36.7 Å². The highest BCUT2D eigenvalue weighted by molar-refractivity contribution is 7.90. The highest BCUT2D eigenvalue weighted by Crippen LogP contribution is 2.30. The van der Waals surface area contributed by atoms with E-state index in [1.807, 2.05) is 42.5 Å². The number of carbonyl (C=O) groups is 1. The first-order valence-electron chi connectivity index (χ1n) is 14.0. The van der Waals surface area contributed by atoms with Gasteiger partial charge in [0.2, 0.25) is 11.9 Å². The molecule has 3 aromatic carbocycles. The third-order valence-electron chi connectivity index (χ3n) is 7.04. The molecule has 3 aromatic rings. The molecule has 4 N–H and O–H groups in total. The standard InChI is InChI=1S/C31H36ClN5O6S/c1-20(2)28(30(40)33-24(18-38)19-39)34-31(36-44(41,42)26-15-13-25(43-3)14-16-26)37-17-27(21-7-5-4-6-8-21)29(35-37)22-9-11-23(32)12-10-22/h4-16,20,24,27-28,38-39H,17-19H2,1-3H3,(H,33,40)(H,34,36). The van der Waals surface area contributed by atoms with Gasteiger partial charge < -0.3 is 20.3 Å². The predicted octanol–water partition coefficient (Wildman–Crippen LogP) is 2.98. The summed E-state index contributed by atoms with van der Waals surface area (Å²) in [6.45, 7) is 2.78. The van der Waals surface area contributed by atoms with Gasteiger partial charge in [0.15, 0.2) is 0 Å². The fraction of sp³-hybridized carbons (Fsp3) is 0.323. The van der Waals surface area contributed by atoms with Crippen molar-refractivity contribution in [3.63, 3.8) is 0 Å². The molecule has 1 amide bonds. The van der Waals surface area contributed by atoms with Crippen molar-refractivity contribution in [3.05, 3.63) is 95.0 Å². The van der Waals surface area contributed by atoms with E-state index >= 15 is 0 Å². The van der Waals surface area contributed by atoms with Crippen LogP contribution in [0.1, 0.15) is 30.9 Å². The zero-order chi connectivity index (χ0) is 31.9. The van der Waals surface area contributed by atoms with Crippen LogP contribution in [0.2, 0.25) is 5.02 Å². The van der Waals surface area contributed by atoms with E-state index in [9.17, 15) is 23.4 Å². The van der Waals surface area contributed by atoms with Crippen molar-refractivity contribution in [1.82, 2.24) is 15.0 Å². The second-order valence-corrected chi connectivity index (χ2v) is 12.6. The average Bonchev–Trinajstić information content (AvgIpc) is 3.48. The van der Waals surface area contributed by atoms with Crippen molar-refractivity contribution in [2.75, 3.05) is 26.9 Å². The van der Waals surface area contributed by atoms with Crippen LogP contribution in [0, 0.1) is 5.92 Å². The summed E-state index contributed by atoms with van der Waals surface area (Å²) in [5, 5.41) is 28.4. The third kappa shape index (κ3) is 7.94. The molecule has 0 bridgehead atoms. The number of guanidine groups is 1. The summed E-state index contributed by atoms with van der Waals surface area (Å²) in [5.74, 6) is -0.925. The van der Waals surface area contributed by atoms with Gasteiger partial charge in [-0.25, -0.2) is 23.1 Å². The van der Waals surface area contributed by atoms with Crippen molar-refractivity contribution in [3.8, 4) is 5.75 Å². The molecule has 0 spiro atoms. The summed E-state index contributed by atoms with van der Waals surface area (Å²) in [7, 11) is -2.72. The number of methoxy groups -OCH3 is 1. The van der Waals surface area contributed by atoms with Crippen LogP contribution in [0.25, 0.3) is 0 Å². The molecule has 1 aliphatic heterocycles. The Morgan fingerprint density at radius 2 is 1.68 bits per heavy atom. The molecule has 234 valence electrons. The van der Waals surface area contributed by atoms with E-state index < -0.39 is 41.2 Å². The Hall–Kier alpha value is -3.97. The van der Waals surface area contributed by atoms with Crippen LogP contribution in [0.4, 0.5) is 0 Å². The minimum atomic E-state index is -4.20. The number of aliphatic hydroxyl groups is 2. The van der Waals surface area contributed by atoms with Crippen LogP contribution in [0.5, 0.6) is 5.75 Å². The van der Waals surface area contributed by atoms with Crippen LogP contribution in [0.3, 0.4) is 0 Å². The zero-order valence-corrected chi connectivity index (χ0v) is 26.2. The summed E-state index contributed by atoms with van der Waals surface area (Å²) < 4.78 is 35.0. The normalized spacial score (nSPS) is 16.2. The van der Waals surface area contributed by atoms with Crippen molar-refractivity contribution < 1.29 is 28.2 Å². The highest BCUT2D eigenvalue weighted by Gasteiger charge is 2.35. The van der Waals surface area contributed by atoms with Gasteiger partial charge in [-0.1, -0.05) is 67.9 Å². The van der Waals surface area contributed by atoms with Crippen LogP contribution in [-0.2, 0) is 14.8 Å². The lowest BCUT2D eigenvalue weighted by molar-refractivity contribution is -0.124. The minimum Gasteiger partial charge on any atom is -0.497 e. The van der Waals surface area contributed by atoms with E-state index in [0.717, 1.165) is 11.1 Å². The second kappa shape index (κ2) is 14.7. The van der Waals surface area contributed by atoms with Crippen LogP contribution in [-0.4, -0.2) is 80.2 Å². The number of hydrazone groups is 1. The lowest BCUT2D eigenvalue weighted by atomic mass is 9.91. The molecule has 0 fully saturated rings. The van der Waals surface area contributed by atoms with Crippen molar-refractivity contribution in [2.24, 2.45) is 16.0 Å². The number of aliphatic hydroxyl groups excluding tert-OH is 2. The molecule has 2 unspecified atom stereocenters. The Labute approximate surface area is 262 Å². The Bertz CT molecular complexity index is 1580. The summed E-state index contributed by atoms with van der Waals surface area (Å²) in [5.41, 5.74) is 2.40. The number of benzene rings is 3. The smallest absolute Gasteiger partial charge is 0.264 e. The number of rotatable bonds is 11. The largest absolute Gasteiger partial charge is 0.497 e. The third-order valence-corrected chi connectivity index (χ3v) is 8.64. The maximum absolute atomic E-state index is 13.6. The number of halogens is 1. The number of ether oxygens (including phenoxy) is 1.